The van der Waals surface area contributed by atoms with E-state index in [2.05, 4.69) is 5.32 Å². The standard InChI is InChI=1S/C13H26N2O2/c1-13(2,17-3)9-12(16)15-11-8-6-4-5-7-10(11)14/h10-11H,4-9,14H2,1-3H3,(H,15,16). The molecule has 1 rings (SSSR count). The van der Waals surface area contributed by atoms with E-state index in [-0.39, 0.29) is 18.0 Å². The van der Waals surface area contributed by atoms with Crippen LogP contribution in [-0.4, -0.2) is 30.7 Å². The first-order valence-electron chi connectivity index (χ1n) is 6.55. The molecule has 17 heavy (non-hydrogen) atoms. The highest BCUT2D eigenvalue weighted by molar-refractivity contribution is 5.77. The first-order valence-corrected chi connectivity index (χ1v) is 6.55. The number of carbonyl (C=O) groups is 1. The summed E-state index contributed by atoms with van der Waals surface area (Å²) < 4.78 is 5.26. The first-order chi connectivity index (χ1) is 7.94. The molecule has 0 heterocycles. The fourth-order valence-electron chi connectivity index (χ4n) is 2.23. The van der Waals surface area contributed by atoms with Crippen molar-refractivity contribution in [1.82, 2.24) is 5.32 Å². The van der Waals surface area contributed by atoms with Gasteiger partial charge in [-0.05, 0) is 26.7 Å². The van der Waals surface area contributed by atoms with Gasteiger partial charge in [-0.2, -0.15) is 0 Å². The van der Waals surface area contributed by atoms with Crippen LogP contribution < -0.4 is 11.1 Å². The Kier molecular flexibility index (Phi) is 5.40. The molecule has 1 fully saturated rings. The van der Waals surface area contributed by atoms with Crippen molar-refractivity contribution in [2.24, 2.45) is 5.73 Å². The Morgan fingerprint density at radius 2 is 2.00 bits per heavy atom. The van der Waals surface area contributed by atoms with E-state index in [4.69, 9.17) is 10.5 Å². The molecule has 1 saturated carbocycles. The maximum atomic E-state index is 11.9. The summed E-state index contributed by atoms with van der Waals surface area (Å²) in [6, 6.07) is 0.241. The molecule has 2 atom stereocenters. The van der Waals surface area contributed by atoms with Crippen LogP contribution in [-0.2, 0) is 9.53 Å². The number of ether oxygens (including phenoxy) is 1. The molecular weight excluding hydrogens is 216 g/mol. The highest BCUT2D eigenvalue weighted by Crippen LogP contribution is 2.18. The summed E-state index contributed by atoms with van der Waals surface area (Å²) >= 11 is 0. The van der Waals surface area contributed by atoms with Gasteiger partial charge in [0, 0.05) is 19.2 Å². The van der Waals surface area contributed by atoms with E-state index < -0.39 is 5.60 Å². The topological polar surface area (TPSA) is 64.3 Å². The van der Waals surface area contributed by atoms with Crippen molar-refractivity contribution in [3.05, 3.63) is 0 Å². The van der Waals surface area contributed by atoms with Crippen molar-refractivity contribution in [2.75, 3.05) is 7.11 Å². The largest absolute Gasteiger partial charge is 0.378 e. The Morgan fingerprint density at radius 1 is 1.35 bits per heavy atom. The van der Waals surface area contributed by atoms with Gasteiger partial charge in [0.05, 0.1) is 12.0 Å². The molecule has 2 unspecified atom stereocenters. The molecule has 1 aliphatic rings. The molecule has 100 valence electrons. The first kappa shape index (κ1) is 14.5. The SMILES string of the molecule is COC(C)(C)CC(=O)NC1CCCCCC1N. The lowest BCUT2D eigenvalue weighted by Gasteiger charge is -2.26. The summed E-state index contributed by atoms with van der Waals surface area (Å²) in [7, 11) is 1.63. The van der Waals surface area contributed by atoms with Gasteiger partial charge in [0.15, 0.2) is 0 Å². The Balaban J connectivity index is 2.43. The molecule has 0 saturated heterocycles. The molecule has 0 spiro atoms. The van der Waals surface area contributed by atoms with Crippen LogP contribution in [0.3, 0.4) is 0 Å². The lowest BCUT2D eigenvalue weighted by molar-refractivity contribution is -0.127. The van der Waals surface area contributed by atoms with Gasteiger partial charge < -0.3 is 15.8 Å². The van der Waals surface area contributed by atoms with Crippen molar-refractivity contribution < 1.29 is 9.53 Å². The number of hydrogen-bond acceptors (Lipinski definition) is 3. The number of carbonyl (C=O) groups excluding carboxylic acids is 1. The molecule has 0 bridgehead atoms. The molecule has 0 radical (unpaired) electrons. The Labute approximate surface area is 104 Å². The highest BCUT2D eigenvalue weighted by atomic mass is 16.5. The summed E-state index contributed by atoms with van der Waals surface area (Å²) in [4.78, 5) is 11.9. The van der Waals surface area contributed by atoms with Gasteiger partial charge >= 0.3 is 0 Å². The van der Waals surface area contributed by atoms with Gasteiger partial charge in [-0.15, -0.1) is 0 Å². The maximum absolute atomic E-state index is 11.9. The third-order valence-electron chi connectivity index (χ3n) is 3.55. The van der Waals surface area contributed by atoms with Gasteiger partial charge in [0.25, 0.3) is 0 Å². The van der Waals surface area contributed by atoms with Crippen LogP contribution in [0.1, 0.15) is 52.4 Å². The zero-order valence-corrected chi connectivity index (χ0v) is 11.3. The lowest BCUT2D eigenvalue weighted by Crippen LogP contribution is -2.48. The van der Waals surface area contributed by atoms with Crippen molar-refractivity contribution in [3.63, 3.8) is 0 Å². The summed E-state index contributed by atoms with van der Waals surface area (Å²) in [6.07, 6.45) is 5.96. The van der Waals surface area contributed by atoms with E-state index in [1.807, 2.05) is 13.8 Å². The monoisotopic (exact) mass is 242 g/mol. The number of nitrogens with two attached hydrogens (primary N) is 1. The molecule has 3 N–H and O–H groups in total. The van der Waals surface area contributed by atoms with Gasteiger partial charge in [-0.3, -0.25) is 4.79 Å². The minimum absolute atomic E-state index is 0.0409. The highest BCUT2D eigenvalue weighted by Gasteiger charge is 2.26. The fraction of sp³-hybridized carbons (Fsp3) is 0.923. The van der Waals surface area contributed by atoms with Crippen LogP contribution in [0.25, 0.3) is 0 Å². The second kappa shape index (κ2) is 6.36. The smallest absolute Gasteiger partial charge is 0.223 e. The van der Waals surface area contributed by atoms with E-state index in [9.17, 15) is 4.79 Å². The fourth-order valence-corrected chi connectivity index (χ4v) is 2.23. The van der Waals surface area contributed by atoms with Crippen LogP contribution in [0, 0.1) is 0 Å². The normalized spacial score (nSPS) is 26.4. The molecule has 1 amide bonds. The van der Waals surface area contributed by atoms with E-state index in [1.54, 1.807) is 7.11 Å². The zero-order valence-electron chi connectivity index (χ0n) is 11.3. The predicted molar refractivity (Wildman–Crippen MR) is 68.7 cm³/mol. The average Bonchev–Trinajstić information content (AvgIpc) is 2.44. The molecule has 4 nitrogen and oxygen atoms in total. The predicted octanol–water partition coefficient (Wildman–Crippen LogP) is 1.58. The van der Waals surface area contributed by atoms with Gasteiger partial charge in [-0.1, -0.05) is 19.3 Å². The van der Waals surface area contributed by atoms with E-state index >= 15 is 0 Å². The van der Waals surface area contributed by atoms with Crippen LogP contribution in [0.4, 0.5) is 0 Å². The number of methoxy groups -OCH3 is 1. The summed E-state index contributed by atoms with van der Waals surface area (Å²) in [5.74, 6) is 0.0409. The van der Waals surface area contributed by atoms with E-state index in [0.29, 0.717) is 6.42 Å². The summed E-state index contributed by atoms with van der Waals surface area (Å²) in [5, 5.41) is 3.06. The minimum atomic E-state index is -0.404. The third-order valence-corrected chi connectivity index (χ3v) is 3.55. The minimum Gasteiger partial charge on any atom is -0.378 e. The van der Waals surface area contributed by atoms with Crippen LogP contribution >= 0.6 is 0 Å². The molecule has 4 heteroatoms. The Hall–Kier alpha value is -0.610. The molecule has 0 aromatic heterocycles. The van der Waals surface area contributed by atoms with Crippen molar-refractivity contribution in [1.29, 1.82) is 0 Å². The Morgan fingerprint density at radius 3 is 2.65 bits per heavy atom. The van der Waals surface area contributed by atoms with Crippen LogP contribution in [0.2, 0.25) is 0 Å². The van der Waals surface area contributed by atoms with Crippen molar-refractivity contribution in [3.8, 4) is 0 Å². The zero-order chi connectivity index (χ0) is 12.9. The summed E-state index contributed by atoms with van der Waals surface area (Å²) in [6.45, 7) is 3.83. The van der Waals surface area contributed by atoms with Crippen molar-refractivity contribution >= 4 is 5.91 Å². The number of nitrogens with one attached hydrogen (secondary N) is 1. The maximum Gasteiger partial charge on any atom is 0.223 e. The summed E-state index contributed by atoms with van der Waals surface area (Å²) in [5.41, 5.74) is 5.67. The van der Waals surface area contributed by atoms with Crippen LogP contribution in [0.5, 0.6) is 0 Å². The van der Waals surface area contributed by atoms with Crippen LogP contribution in [0.15, 0.2) is 0 Å². The average molecular weight is 242 g/mol. The van der Waals surface area contributed by atoms with Gasteiger partial charge in [0.2, 0.25) is 5.91 Å². The second-order valence-corrected chi connectivity index (χ2v) is 5.62. The lowest BCUT2D eigenvalue weighted by atomic mass is 10.0. The third kappa shape index (κ3) is 5.04. The quantitative estimate of drug-likeness (QED) is 0.736. The molecular formula is C13H26N2O2. The molecule has 1 aliphatic carbocycles. The molecule has 0 aliphatic heterocycles. The second-order valence-electron chi connectivity index (χ2n) is 5.62. The van der Waals surface area contributed by atoms with Gasteiger partial charge in [0.1, 0.15) is 0 Å². The van der Waals surface area contributed by atoms with Gasteiger partial charge in [-0.25, -0.2) is 0 Å². The number of rotatable bonds is 4. The van der Waals surface area contributed by atoms with E-state index in [1.165, 1.54) is 12.8 Å². The molecule has 0 aromatic carbocycles. The Bertz CT molecular complexity index is 254. The molecule has 0 aromatic rings. The number of amides is 1. The van der Waals surface area contributed by atoms with E-state index in [0.717, 1.165) is 19.3 Å². The number of hydrogen-bond donors (Lipinski definition) is 2. The van der Waals surface area contributed by atoms with Crippen molar-refractivity contribution in [2.45, 2.75) is 70.1 Å².